The third-order valence-electron chi connectivity index (χ3n) is 2.11. The minimum atomic E-state index is -0.300. The molecular weight excluding hydrogens is 237 g/mol. The van der Waals surface area contributed by atoms with Gasteiger partial charge in [-0.3, -0.25) is 0 Å². The van der Waals surface area contributed by atoms with Gasteiger partial charge in [0.2, 0.25) is 0 Å². The largest absolute Gasteiger partial charge is 0.245 e. The van der Waals surface area contributed by atoms with E-state index in [4.69, 9.17) is 5.26 Å². The van der Waals surface area contributed by atoms with Gasteiger partial charge in [-0.05, 0) is 29.8 Å². The summed E-state index contributed by atoms with van der Waals surface area (Å²) in [6, 6.07) is 8.09. The summed E-state index contributed by atoms with van der Waals surface area (Å²) >= 11 is 1.41. The highest BCUT2D eigenvalue weighted by Crippen LogP contribution is 2.22. The first-order chi connectivity index (χ1) is 8.29. The van der Waals surface area contributed by atoms with Crippen LogP contribution in [0, 0.1) is 17.1 Å². The quantitative estimate of drug-likeness (QED) is 0.616. The molecular formula is C12H8FN3S. The van der Waals surface area contributed by atoms with Crippen molar-refractivity contribution < 1.29 is 4.39 Å². The molecule has 0 fully saturated rings. The predicted octanol–water partition coefficient (Wildman–Crippen LogP) is 2.78. The minimum Gasteiger partial charge on any atom is -0.245 e. The molecule has 84 valence electrons. The third kappa shape index (κ3) is 3.02. The standard InChI is InChI=1S/C12H8FN3S/c13-11-2-1-9(6-14)5-10(11)7-17-12-3-4-15-8-16-12/h1-5,8H,7H2. The van der Waals surface area contributed by atoms with Gasteiger partial charge in [0.1, 0.15) is 12.1 Å². The summed E-state index contributed by atoms with van der Waals surface area (Å²) in [5.74, 6) is 0.142. The van der Waals surface area contributed by atoms with Crippen LogP contribution < -0.4 is 0 Å². The topological polar surface area (TPSA) is 49.6 Å². The number of hydrogen-bond donors (Lipinski definition) is 0. The third-order valence-corrected chi connectivity index (χ3v) is 3.10. The molecule has 0 spiro atoms. The summed E-state index contributed by atoms with van der Waals surface area (Å²) in [7, 11) is 0. The zero-order valence-corrected chi connectivity index (χ0v) is 9.62. The van der Waals surface area contributed by atoms with Crippen molar-refractivity contribution in [3.8, 4) is 6.07 Å². The summed E-state index contributed by atoms with van der Waals surface area (Å²) in [4.78, 5) is 7.83. The maximum Gasteiger partial charge on any atom is 0.127 e. The molecule has 2 aromatic rings. The molecule has 1 aromatic carbocycles. The first-order valence-electron chi connectivity index (χ1n) is 4.87. The molecule has 1 heterocycles. The van der Waals surface area contributed by atoms with Crippen LogP contribution in [-0.4, -0.2) is 9.97 Å². The molecule has 0 saturated carbocycles. The lowest BCUT2D eigenvalue weighted by Gasteiger charge is -2.03. The Kier molecular flexibility index (Phi) is 3.68. The van der Waals surface area contributed by atoms with Gasteiger partial charge in [-0.15, -0.1) is 11.8 Å². The van der Waals surface area contributed by atoms with Crippen LogP contribution in [-0.2, 0) is 5.75 Å². The van der Waals surface area contributed by atoms with Crippen LogP contribution in [0.4, 0.5) is 4.39 Å². The van der Waals surface area contributed by atoms with Crippen molar-refractivity contribution in [1.82, 2.24) is 9.97 Å². The average molecular weight is 245 g/mol. The molecule has 0 aliphatic heterocycles. The van der Waals surface area contributed by atoms with Crippen LogP contribution in [0.3, 0.4) is 0 Å². The van der Waals surface area contributed by atoms with E-state index in [1.807, 2.05) is 6.07 Å². The monoisotopic (exact) mass is 245 g/mol. The second-order valence-corrected chi connectivity index (χ2v) is 4.25. The molecule has 0 radical (unpaired) electrons. The fourth-order valence-corrected chi connectivity index (χ4v) is 2.07. The van der Waals surface area contributed by atoms with E-state index in [0.29, 0.717) is 16.9 Å². The lowest BCUT2D eigenvalue weighted by atomic mass is 10.1. The van der Waals surface area contributed by atoms with E-state index >= 15 is 0 Å². The number of aromatic nitrogens is 2. The number of benzene rings is 1. The van der Waals surface area contributed by atoms with Crippen LogP contribution >= 0.6 is 11.8 Å². The molecule has 0 unspecified atom stereocenters. The molecule has 0 saturated heterocycles. The number of hydrogen-bond acceptors (Lipinski definition) is 4. The normalized spacial score (nSPS) is 9.88. The second-order valence-electron chi connectivity index (χ2n) is 3.25. The van der Waals surface area contributed by atoms with Crippen LogP contribution in [0.1, 0.15) is 11.1 Å². The summed E-state index contributed by atoms with van der Waals surface area (Å²) in [6.45, 7) is 0. The van der Waals surface area contributed by atoms with Crippen LogP contribution in [0.15, 0.2) is 41.8 Å². The number of nitriles is 1. The van der Waals surface area contributed by atoms with Crippen molar-refractivity contribution in [1.29, 1.82) is 5.26 Å². The van der Waals surface area contributed by atoms with Gasteiger partial charge in [0.15, 0.2) is 0 Å². The van der Waals surface area contributed by atoms with E-state index in [2.05, 4.69) is 9.97 Å². The highest BCUT2D eigenvalue weighted by molar-refractivity contribution is 7.98. The lowest BCUT2D eigenvalue weighted by molar-refractivity contribution is 0.617. The van der Waals surface area contributed by atoms with E-state index < -0.39 is 0 Å². The summed E-state index contributed by atoms with van der Waals surface area (Å²) < 4.78 is 13.5. The first-order valence-corrected chi connectivity index (χ1v) is 5.85. The maximum atomic E-state index is 13.5. The van der Waals surface area contributed by atoms with Crippen LogP contribution in [0.2, 0.25) is 0 Å². The lowest BCUT2D eigenvalue weighted by Crippen LogP contribution is -1.90. The summed E-state index contributed by atoms with van der Waals surface area (Å²) in [5, 5.41) is 9.52. The van der Waals surface area contributed by atoms with Crippen molar-refractivity contribution in [2.45, 2.75) is 10.8 Å². The summed E-state index contributed by atoms with van der Waals surface area (Å²) in [5.41, 5.74) is 0.970. The van der Waals surface area contributed by atoms with E-state index in [1.54, 1.807) is 18.3 Å². The Morgan fingerprint density at radius 1 is 1.35 bits per heavy atom. The molecule has 0 amide bonds. The molecule has 0 aliphatic carbocycles. The molecule has 3 nitrogen and oxygen atoms in total. The Hall–Kier alpha value is -1.93. The van der Waals surface area contributed by atoms with E-state index in [0.717, 1.165) is 5.03 Å². The molecule has 17 heavy (non-hydrogen) atoms. The van der Waals surface area contributed by atoms with Crippen molar-refractivity contribution >= 4 is 11.8 Å². The Labute approximate surface area is 102 Å². The molecule has 0 atom stereocenters. The van der Waals surface area contributed by atoms with Gasteiger partial charge in [0.25, 0.3) is 0 Å². The van der Waals surface area contributed by atoms with Crippen molar-refractivity contribution in [2.75, 3.05) is 0 Å². The van der Waals surface area contributed by atoms with Crippen molar-refractivity contribution in [3.63, 3.8) is 0 Å². The van der Waals surface area contributed by atoms with Gasteiger partial charge in [-0.1, -0.05) is 0 Å². The smallest absolute Gasteiger partial charge is 0.127 e. The van der Waals surface area contributed by atoms with Crippen LogP contribution in [0.25, 0.3) is 0 Å². The number of rotatable bonds is 3. The fraction of sp³-hybridized carbons (Fsp3) is 0.0833. The average Bonchev–Trinajstić information content (AvgIpc) is 2.39. The van der Waals surface area contributed by atoms with Crippen molar-refractivity contribution in [3.05, 3.63) is 53.7 Å². The van der Waals surface area contributed by atoms with Gasteiger partial charge >= 0.3 is 0 Å². The molecule has 0 N–H and O–H groups in total. The minimum absolute atomic E-state index is 0.300. The number of halogens is 1. The number of thioether (sulfide) groups is 1. The zero-order valence-electron chi connectivity index (χ0n) is 8.80. The van der Waals surface area contributed by atoms with Crippen LogP contribution in [0.5, 0.6) is 0 Å². The predicted molar refractivity (Wildman–Crippen MR) is 62.7 cm³/mol. The van der Waals surface area contributed by atoms with E-state index in [1.165, 1.54) is 30.2 Å². The van der Waals surface area contributed by atoms with Gasteiger partial charge in [-0.2, -0.15) is 5.26 Å². The Bertz CT molecular complexity index is 551. The highest BCUT2D eigenvalue weighted by Gasteiger charge is 2.05. The molecule has 0 bridgehead atoms. The maximum absolute atomic E-state index is 13.5. The second kappa shape index (κ2) is 5.41. The SMILES string of the molecule is N#Cc1ccc(F)c(CSc2ccncn2)c1. The molecule has 5 heteroatoms. The molecule has 0 aliphatic rings. The van der Waals surface area contributed by atoms with Gasteiger partial charge < -0.3 is 0 Å². The fourth-order valence-electron chi connectivity index (χ4n) is 1.27. The van der Waals surface area contributed by atoms with Crippen molar-refractivity contribution in [2.24, 2.45) is 0 Å². The zero-order chi connectivity index (χ0) is 12.1. The highest BCUT2D eigenvalue weighted by atomic mass is 32.2. The van der Waals surface area contributed by atoms with E-state index in [9.17, 15) is 4.39 Å². The number of nitrogens with zero attached hydrogens (tertiary/aromatic N) is 3. The Morgan fingerprint density at radius 3 is 2.94 bits per heavy atom. The van der Waals surface area contributed by atoms with Gasteiger partial charge in [0.05, 0.1) is 16.7 Å². The van der Waals surface area contributed by atoms with Gasteiger partial charge in [0, 0.05) is 11.9 Å². The Morgan fingerprint density at radius 2 is 2.24 bits per heavy atom. The van der Waals surface area contributed by atoms with Gasteiger partial charge in [-0.25, -0.2) is 14.4 Å². The first kappa shape index (κ1) is 11.6. The Balaban J connectivity index is 2.12. The molecule has 2 rings (SSSR count). The molecule has 1 aromatic heterocycles. The van der Waals surface area contributed by atoms with E-state index in [-0.39, 0.29) is 5.82 Å². The summed E-state index contributed by atoms with van der Waals surface area (Å²) in [6.07, 6.45) is 3.09.